The molecular formula is C32H33N3O. The summed E-state index contributed by atoms with van der Waals surface area (Å²) in [5, 5.41) is 11.3. The molecule has 4 aromatic rings. The number of nitrogens with zero attached hydrogens (tertiary/aromatic N) is 3. The summed E-state index contributed by atoms with van der Waals surface area (Å²) in [6.07, 6.45) is 4.60. The molecule has 0 spiro atoms. The summed E-state index contributed by atoms with van der Waals surface area (Å²) in [5.74, 6) is 1.72. The van der Waals surface area contributed by atoms with E-state index < -0.39 is 6.10 Å². The van der Waals surface area contributed by atoms with E-state index in [4.69, 9.17) is 0 Å². The van der Waals surface area contributed by atoms with Gasteiger partial charge in [0, 0.05) is 30.5 Å². The highest BCUT2D eigenvalue weighted by molar-refractivity contribution is 5.63. The van der Waals surface area contributed by atoms with E-state index >= 15 is 0 Å². The van der Waals surface area contributed by atoms with Crippen LogP contribution in [0.4, 0.5) is 0 Å². The van der Waals surface area contributed by atoms with Crippen LogP contribution in [0.1, 0.15) is 59.2 Å². The van der Waals surface area contributed by atoms with Crippen LogP contribution >= 0.6 is 0 Å². The lowest BCUT2D eigenvalue weighted by Crippen LogP contribution is -2.44. The minimum absolute atomic E-state index is 0.107. The van der Waals surface area contributed by atoms with E-state index in [9.17, 15) is 5.11 Å². The van der Waals surface area contributed by atoms with Crippen molar-refractivity contribution in [3.05, 3.63) is 113 Å². The summed E-state index contributed by atoms with van der Waals surface area (Å²) in [4.78, 5) is 7.30. The Morgan fingerprint density at radius 1 is 0.889 bits per heavy atom. The van der Waals surface area contributed by atoms with Crippen LogP contribution in [0.2, 0.25) is 0 Å². The minimum atomic E-state index is -0.482. The zero-order valence-corrected chi connectivity index (χ0v) is 20.8. The highest BCUT2D eigenvalue weighted by Gasteiger charge is 2.53. The fourth-order valence-corrected chi connectivity index (χ4v) is 7.41. The summed E-state index contributed by atoms with van der Waals surface area (Å²) >= 11 is 0. The van der Waals surface area contributed by atoms with Crippen LogP contribution in [0.3, 0.4) is 0 Å². The number of rotatable bonds is 5. The Balaban J connectivity index is 1.08. The molecule has 1 atom stereocenters. The Morgan fingerprint density at radius 2 is 1.50 bits per heavy atom. The normalized spacial score (nSPS) is 24.0. The Bertz CT molecular complexity index is 1350. The Morgan fingerprint density at radius 3 is 2.17 bits per heavy atom. The zero-order valence-electron chi connectivity index (χ0n) is 20.8. The monoisotopic (exact) mass is 475 g/mol. The van der Waals surface area contributed by atoms with Crippen molar-refractivity contribution in [1.82, 2.24) is 14.5 Å². The van der Waals surface area contributed by atoms with Crippen molar-refractivity contribution in [3.63, 3.8) is 0 Å². The lowest BCUT2D eigenvalue weighted by Gasteiger charge is -2.40. The molecule has 0 saturated carbocycles. The first-order valence-corrected chi connectivity index (χ1v) is 13.3. The van der Waals surface area contributed by atoms with Crippen LogP contribution < -0.4 is 0 Å². The quantitative estimate of drug-likeness (QED) is 0.405. The first kappa shape index (κ1) is 22.0. The predicted octanol–water partition coefficient (Wildman–Crippen LogP) is 5.67. The van der Waals surface area contributed by atoms with Gasteiger partial charge in [-0.25, -0.2) is 4.98 Å². The molecule has 36 heavy (non-hydrogen) atoms. The molecule has 1 aromatic heterocycles. The van der Waals surface area contributed by atoms with Crippen molar-refractivity contribution in [1.29, 1.82) is 0 Å². The third kappa shape index (κ3) is 3.24. The number of benzene rings is 3. The van der Waals surface area contributed by atoms with Gasteiger partial charge in [0.1, 0.15) is 5.82 Å². The average Bonchev–Trinajstić information content (AvgIpc) is 3.58. The molecule has 0 unspecified atom stereocenters. The molecule has 2 heterocycles. The number of fused-ring (bicyclic) bond motifs is 8. The summed E-state index contributed by atoms with van der Waals surface area (Å²) in [6.45, 7) is 3.13. The van der Waals surface area contributed by atoms with E-state index in [-0.39, 0.29) is 11.3 Å². The number of likely N-dealkylation sites (tertiary alicyclic amines) is 1. The number of aliphatic hydroxyl groups is 1. The van der Waals surface area contributed by atoms with E-state index in [1.807, 2.05) is 31.4 Å². The van der Waals surface area contributed by atoms with Gasteiger partial charge in [-0.2, -0.15) is 0 Å². The second-order valence-corrected chi connectivity index (χ2v) is 11.0. The van der Waals surface area contributed by atoms with Gasteiger partial charge in [-0.15, -0.1) is 0 Å². The molecular weight excluding hydrogens is 442 g/mol. The van der Waals surface area contributed by atoms with Gasteiger partial charge in [0.15, 0.2) is 0 Å². The summed E-state index contributed by atoms with van der Waals surface area (Å²) in [6, 6.07) is 28.5. The smallest absolute Gasteiger partial charge is 0.139 e. The number of aromatic nitrogens is 2. The van der Waals surface area contributed by atoms with Gasteiger partial charge in [0.05, 0.1) is 18.0 Å². The number of aliphatic hydroxyl groups excluding tert-OH is 1. The number of hydrogen-bond donors (Lipinski definition) is 1. The van der Waals surface area contributed by atoms with Gasteiger partial charge < -0.3 is 14.6 Å². The van der Waals surface area contributed by atoms with Crippen molar-refractivity contribution < 1.29 is 5.11 Å². The summed E-state index contributed by atoms with van der Waals surface area (Å²) < 4.78 is 2.07. The van der Waals surface area contributed by atoms with Gasteiger partial charge in [0.2, 0.25) is 0 Å². The molecule has 0 radical (unpaired) electrons. The van der Waals surface area contributed by atoms with Gasteiger partial charge in [-0.05, 0) is 60.5 Å². The second kappa shape index (κ2) is 8.43. The van der Waals surface area contributed by atoms with E-state index in [0.29, 0.717) is 5.92 Å². The zero-order chi connectivity index (χ0) is 24.3. The Kier molecular flexibility index (Phi) is 5.16. The molecule has 3 aromatic carbocycles. The maximum absolute atomic E-state index is 11.3. The predicted molar refractivity (Wildman–Crippen MR) is 143 cm³/mol. The molecule has 1 saturated heterocycles. The van der Waals surface area contributed by atoms with Crippen LogP contribution in [0.5, 0.6) is 0 Å². The fraction of sp³-hybridized carbons (Fsp3) is 0.344. The highest BCUT2D eigenvalue weighted by atomic mass is 16.3. The van der Waals surface area contributed by atoms with Gasteiger partial charge in [-0.1, -0.05) is 78.9 Å². The third-order valence-corrected chi connectivity index (χ3v) is 9.19. The Labute approximate surface area is 213 Å². The molecule has 182 valence electrons. The van der Waals surface area contributed by atoms with Crippen molar-refractivity contribution in [3.8, 4) is 11.4 Å². The van der Waals surface area contributed by atoms with Gasteiger partial charge in [-0.3, -0.25) is 0 Å². The lowest BCUT2D eigenvalue weighted by atomic mass is 9.74. The number of imidazole rings is 1. The first-order valence-electron chi connectivity index (χ1n) is 13.3. The van der Waals surface area contributed by atoms with Crippen LogP contribution in [0.15, 0.2) is 85.1 Å². The number of hydrogen-bond acceptors (Lipinski definition) is 3. The molecule has 2 bridgehead atoms. The molecule has 1 aliphatic heterocycles. The fourth-order valence-electron chi connectivity index (χ4n) is 7.41. The molecule has 2 aliphatic carbocycles. The topological polar surface area (TPSA) is 41.3 Å². The number of piperidine rings is 1. The lowest BCUT2D eigenvalue weighted by molar-refractivity contribution is 0.0497. The summed E-state index contributed by atoms with van der Waals surface area (Å²) in [7, 11) is 2.02. The molecule has 1 fully saturated rings. The van der Waals surface area contributed by atoms with E-state index in [2.05, 4.69) is 75.1 Å². The van der Waals surface area contributed by atoms with E-state index in [1.54, 1.807) is 11.1 Å². The molecule has 1 N–H and O–H groups in total. The van der Waals surface area contributed by atoms with E-state index in [1.165, 1.54) is 17.5 Å². The second-order valence-electron chi connectivity index (χ2n) is 11.0. The molecule has 0 amide bonds. The SMILES string of the molecule is Cn1c([C@H](O)C2CCN(CC34CC(c5ccccc53)c3ccccc34)CC2)cnc1-c1ccccc1. The molecule has 7 rings (SSSR count). The summed E-state index contributed by atoms with van der Waals surface area (Å²) in [5.41, 5.74) is 8.26. The molecule has 4 nitrogen and oxygen atoms in total. The molecule has 3 aliphatic rings. The van der Waals surface area contributed by atoms with Crippen LogP contribution in [-0.2, 0) is 12.5 Å². The van der Waals surface area contributed by atoms with Gasteiger partial charge in [0.25, 0.3) is 0 Å². The van der Waals surface area contributed by atoms with Crippen LogP contribution in [-0.4, -0.2) is 39.2 Å². The van der Waals surface area contributed by atoms with Crippen LogP contribution in [0.25, 0.3) is 11.4 Å². The standard InChI is InChI=1S/C32H33N3O/c1-34-29(20-33-31(34)23-9-3-2-4-10-23)30(36)22-15-17-35(18-16-22)21-32-19-26(24-11-5-7-13-27(24)32)25-12-6-8-14-28(25)32/h2-14,20,22,26,30,36H,15-19,21H2,1H3/t26?,30-,32?/m1/s1. The van der Waals surface area contributed by atoms with Crippen molar-refractivity contribution in [2.24, 2.45) is 13.0 Å². The molecule has 4 heteroatoms. The van der Waals surface area contributed by atoms with Crippen LogP contribution in [0, 0.1) is 5.92 Å². The minimum Gasteiger partial charge on any atom is -0.387 e. The maximum Gasteiger partial charge on any atom is 0.139 e. The highest BCUT2D eigenvalue weighted by Crippen LogP contribution is 2.60. The van der Waals surface area contributed by atoms with Gasteiger partial charge >= 0.3 is 0 Å². The van der Waals surface area contributed by atoms with Crippen molar-refractivity contribution in [2.75, 3.05) is 19.6 Å². The Hall–Kier alpha value is -3.21. The van der Waals surface area contributed by atoms with Crippen molar-refractivity contribution in [2.45, 2.75) is 36.7 Å². The van der Waals surface area contributed by atoms with Crippen molar-refractivity contribution >= 4 is 0 Å². The maximum atomic E-state index is 11.3. The average molecular weight is 476 g/mol. The first-order chi connectivity index (χ1) is 17.7. The van der Waals surface area contributed by atoms with E-state index in [0.717, 1.165) is 49.6 Å². The largest absolute Gasteiger partial charge is 0.387 e. The third-order valence-electron chi connectivity index (χ3n) is 9.19.